The van der Waals surface area contributed by atoms with Crippen molar-refractivity contribution in [3.8, 4) is 0 Å². The Bertz CT molecular complexity index is 1440. The maximum Gasteiger partial charge on any atom is 0.460 e. The van der Waals surface area contributed by atoms with Gasteiger partial charge >= 0.3 is 47.7 Å². The van der Waals surface area contributed by atoms with Gasteiger partial charge in [-0.2, -0.15) is 57.1 Å². The number of halogens is 13. The molecule has 7 atom stereocenters. The van der Waals surface area contributed by atoms with Gasteiger partial charge in [0, 0.05) is 5.92 Å². The van der Waals surface area contributed by atoms with Crippen molar-refractivity contribution in [1.29, 1.82) is 0 Å². The first kappa shape index (κ1) is 40.7. The molecule has 2 N–H and O–H groups in total. The second-order valence-corrected chi connectivity index (χ2v) is 11.7. The third kappa shape index (κ3) is 7.32. The molecule has 1 saturated carbocycles. The van der Waals surface area contributed by atoms with Gasteiger partial charge in [0.05, 0.1) is 25.1 Å². The normalized spacial score (nSPS) is 27.5. The molecule has 7 unspecified atom stereocenters. The van der Waals surface area contributed by atoms with Crippen LogP contribution in [0.5, 0.6) is 0 Å². The molecular weight excluding hydrogens is 715 g/mol. The number of benzene rings is 1. The molecule has 2 fully saturated rings. The molecule has 0 aromatic heterocycles. The van der Waals surface area contributed by atoms with Gasteiger partial charge in [0.15, 0.2) is 0 Å². The van der Waals surface area contributed by atoms with E-state index in [1.54, 1.807) is 30.3 Å². The van der Waals surface area contributed by atoms with Crippen LogP contribution < -0.4 is 0 Å². The predicted molar refractivity (Wildman–Crippen MR) is 147 cm³/mol. The van der Waals surface area contributed by atoms with E-state index in [0.717, 1.165) is 12.2 Å². The van der Waals surface area contributed by atoms with Crippen LogP contribution in [0.3, 0.4) is 0 Å². The minimum atomic E-state index is -8.04. The molecule has 2 aliphatic rings. The average Bonchev–Trinajstić information content (AvgIpc) is 3.60. The molecule has 1 aliphatic heterocycles. The number of hydrogen-bond donors (Lipinski definition) is 2. The van der Waals surface area contributed by atoms with Crippen LogP contribution in [0.1, 0.15) is 25.3 Å². The molecule has 1 aromatic carbocycles. The number of carbonyl (C=O) groups is 2. The van der Waals surface area contributed by atoms with Crippen LogP contribution in [0.2, 0.25) is 0 Å². The number of hydrogen-bond acceptors (Lipinski definition) is 4. The lowest BCUT2D eigenvalue weighted by Crippen LogP contribution is -2.71. The first-order valence-electron chi connectivity index (χ1n) is 14.6. The molecule has 6 nitrogen and oxygen atoms in total. The van der Waals surface area contributed by atoms with Gasteiger partial charge < -0.3 is 19.7 Å². The summed E-state index contributed by atoms with van der Waals surface area (Å²) in [5, 5.41) is 19.5. The molecule has 0 radical (unpaired) electrons. The van der Waals surface area contributed by atoms with Crippen molar-refractivity contribution in [3.05, 3.63) is 66.5 Å². The van der Waals surface area contributed by atoms with Gasteiger partial charge in [-0.1, -0.05) is 54.6 Å². The highest BCUT2D eigenvalue weighted by atomic mass is 19.4. The van der Waals surface area contributed by atoms with E-state index in [2.05, 4.69) is 0 Å². The Hall–Kier alpha value is -3.77. The van der Waals surface area contributed by atoms with Crippen molar-refractivity contribution in [1.82, 2.24) is 0 Å². The van der Waals surface area contributed by atoms with Crippen molar-refractivity contribution < 1.29 is 86.4 Å². The predicted octanol–water partition coefficient (Wildman–Crippen LogP) is 8.36. The Morgan fingerprint density at radius 3 is 1.76 bits per heavy atom. The molecule has 280 valence electrons. The Morgan fingerprint density at radius 2 is 1.26 bits per heavy atom. The quantitative estimate of drug-likeness (QED) is 0.113. The number of ether oxygens (including phenoxy) is 2. The van der Waals surface area contributed by atoms with Gasteiger partial charge in [0.2, 0.25) is 0 Å². The van der Waals surface area contributed by atoms with E-state index in [-0.39, 0.29) is 6.61 Å². The molecule has 1 aromatic rings. The van der Waals surface area contributed by atoms with Gasteiger partial charge in [-0.05, 0) is 43.2 Å². The molecule has 1 saturated heterocycles. The highest BCUT2D eigenvalue weighted by Gasteiger charge is 2.91. The summed E-state index contributed by atoms with van der Waals surface area (Å²) in [6.07, 6.45) is -6.64. The fraction of sp³-hybridized carbons (Fsp3) is 0.548. The number of rotatable bonds is 14. The summed E-state index contributed by atoms with van der Waals surface area (Å²) in [5.74, 6) is -51.0. The molecule has 0 bridgehead atoms. The molecular formula is C31H29F13O6. The topological polar surface area (TPSA) is 93.1 Å². The number of aliphatic carboxylic acids is 2. The largest absolute Gasteiger partial charge is 0.502 e. The average molecular weight is 745 g/mol. The minimum Gasteiger partial charge on any atom is -0.502 e. The van der Waals surface area contributed by atoms with E-state index < -0.39 is 102 Å². The maximum atomic E-state index is 15.3. The van der Waals surface area contributed by atoms with Crippen molar-refractivity contribution in [2.75, 3.05) is 6.61 Å². The zero-order valence-electron chi connectivity index (χ0n) is 25.5. The number of carboxylic acids is 2. The van der Waals surface area contributed by atoms with Crippen LogP contribution in [0, 0.1) is 29.6 Å². The van der Waals surface area contributed by atoms with Crippen LogP contribution in [0.4, 0.5) is 57.1 Å². The summed E-state index contributed by atoms with van der Waals surface area (Å²) < 4.78 is 191. The summed E-state index contributed by atoms with van der Waals surface area (Å²) >= 11 is 0. The van der Waals surface area contributed by atoms with Gasteiger partial charge in [-0.3, -0.25) is 9.59 Å². The molecule has 3 rings (SSSR count). The highest BCUT2D eigenvalue weighted by Crippen LogP contribution is 2.63. The summed E-state index contributed by atoms with van der Waals surface area (Å²) in [7, 11) is 0. The van der Waals surface area contributed by atoms with Gasteiger partial charge in [-0.15, -0.1) is 0 Å². The lowest BCUT2D eigenvalue weighted by molar-refractivity contribution is -0.443. The molecule has 19 heteroatoms. The van der Waals surface area contributed by atoms with E-state index in [1.165, 1.54) is 19.1 Å². The molecule has 1 heterocycles. The fourth-order valence-corrected chi connectivity index (χ4v) is 5.88. The van der Waals surface area contributed by atoms with Crippen molar-refractivity contribution in [2.24, 2.45) is 29.6 Å². The van der Waals surface area contributed by atoms with Crippen LogP contribution >= 0.6 is 0 Å². The number of alkyl halides is 13. The van der Waals surface area contributed by atoms with Crippen LogP contribution in [0.15, 0.2) is 60.9 Å². The standard InChI is InChI=1S/C31H29F13O6/c1-2-49-13-12-18-14-17(15-19(18)26(32,33)27(34,35)28(36,37)29(38,39)30(40,41)31(42,43)44)9-11-21-23(25(47)48)22(24(45)46)20(50-21)10-8-16-6-4-3-5-7-16/h3-13,17-23H,2,14-15H2,1H3,(H,45,46)(H,47,48)/b10-8-,11-9+,13-12-. The molecule has 1 aliphatic carbocycles. The summed E-state index contributed by atoms with van der Waals surface area (Å²) in [6.45, 7) is 1.24. The Kier molecular flexibility index (Phi) is 11.8. The van der Waals surface area contributed by atoms with Crippen molar-refractivity contribution in [3.63, 3.8) is 0 Å². The van der Waals surface area contributed by atoms with Crippen LogP contribution in [-0.4, -0.2) is 76.8 Å². The first-order valence-corrected chi connectivity index (χ1v) is 14.6. The Labute approximate surface area is 275 Å². The third-order valence-corrected chi connectivity index (χ3v) is 8.49. The monoisotopic (exact) mass is 744 g/mol. The van der Waals surface area contributed by atoms with E-state index in [9.17, 15) is 68.1 Å². The first-order chi connectivity index (χ1) is 22.9. The second-order valence-electron chi connectivity index (χ2n) is 11.7. The summed E-state index contributed by atoms with van der Waals surface area (Å²) in [5.41, 5.74) is 0.567. The van der Waals surface area contributed by atoms with Gasteiger partial charge in [0.1, 0.15) is 11.8 Å². The molecule has 0 spiro atoms. The van der Waals surface area contributed by atoms with Crippen LogP contribution in [-0.2, 0) is 19.1 Å². The Balaban J connectivity index is 1.97. The third-order valence-electron chi connectivity index (χ3n) is 8.49. The van der Waals surface area contributed by atoms with Gasteiger partial charge in [-0.25, -0.2) is 0 Å². The molecule has 50 heavy (non-hydrogen) atoms. The van der Waals surface area contributed by atoms with Crippen molar-refractivity contribution in [2.45, 2.75) is 67.8 Å². The SMILES string of the molecule is CCO/C=C\C1CC(/C=C/C2OC(/C=C\c3ccccc3)C(C(=O)O)C2C(=O)O)CC1C(F)(F)C(F)(F)C(F)(F)C(F)(F)C(F)(F)C(F)(F)F. The lowest BCUT2D eigenvalue weighted by Gasteiger charge is -2.42. The maximum absolute atomic E-state index is 15.3. The van der Waals surface area contributed by atoms with Gasteiger partial charge in [0.25, 0.3) is 0 Å². The minimum absolute atomic E-state index is 0.138. The van der Waals surface area contributed by atoms with E-state index >= 15 is 8.78 Å². The number of allylic oxidation sites excluding steroid dienone is 2. The van der Waals surface area contributed by atoms with E-state index in [1.807, 2.05) is 0 Å². The molecule has 0 amide bonds. The summed E-state index contributed by atoms with van der Waals surface area (Å²) in [6, 6.07) is 8.21. The zero-order valence-corrected chi connectivity index (χ0v) is 25.5. The Morgan fingerprint density at radius 1 is 0.740 bits per heavy atom. The smallest absolute Gasteiger partial charge is 0.460 e. The lowest BCUT2D eigenvalue weighted by atomic mass is 9.82. The zero-order chi connectivity index (χ0) is 38.1. The van der Waals surface area contributed by atoms with Crippen molar-refractivity contribution >= 4 is 18.0 Å². The highest BCUT2D eigenvalue weighted by molar-refractivity contribution is 5.82. The number of carboxylic acid groups (broad SMARTS) is 2. The summed E-state index contributed by atoms with van der Waals surface area (Å²) in [4.78, 5) is 24.1. The second kappa shape index (κ2) is 14.5. The van der Waals surface area contributed by atoms with E-state index in [0.29, 0.717) is 17.9 Å². The van der Waals surface area contributed by atoms with Crippen LogP contribution in [0.25, 0.3) is 6.08 Å². The fourth-order valence-electron chi connectivity index (χ4n) is 5.88. The van der Waals surface area contributed by atoms with E-state index in [4.69, 9.17) is 9.47 Å².